The number of guanidine groups is 1. The first-order chi connectivity index (χ1) is 14.5. The lowest BCUT2D eigenvalue weighted by molar-refractivity contribution is -0.133. The Bertz CT molecular complexity index is 1110. The monoisotopic (exact) mass is 400 g/mol. The van der Waals surface area contributed by atoms with Crippen LogP contribution in [0.2, 0.25) is 0 Å². The van der Waals surface area contributed by atoms with Crippen molar-refractivity contribution in [3.63, 3.8) is 0 Å². The van der Waals surface area contributed by atoms with E-state index < -0.39 is 5.54 Å². The van der Waals surface area contributed by atoms with Crippen molar-refractivity contribution in [3.05, 3.63) is 59.2 Å². The summed E-state index contributed by atoms with van der Waals surface area (Å²) in [5, 5.41) is 9.26. The summed E-state index contributed by atoms with van der Waals surface area (Å²) < 4.78 is 5.62. The normalized spacial score (nSPS) is 24.6. The van der Waals surface area contributed by atoms with Gasteiger partial charge in [-0.1, -0.05) is 24.3 Å². The molecule has 0 saturated carbocycles. The molecule has 2 aromatic carbocycles. The van der Waals surface area contributed by atoms with Crippen molar-refractivity contribution >= 4 is 11.9 Å². The summed E-state index contributed by atoms with van der Waals surface area (Å²) >= 11 is 0. The number of hydrogen-bond acceptors (Lipinski definition) is 5. The minimum absolute atomic E-state index is 0.00187. The number of carbonyl (C=O) groups is 1. The number of fused-ring (bicyclic) bond motifs is 2. The van der Waals surface area contributed by atoms with Crippen molar-refractivity contribution in [3.8, 4) is 17.2 Å². The summed E-state index contributed by atoms with van der Waals surface area (Å²) in [7, 11) is 1.70. The molecule has 0 aromatic heterocycles. The van der Waals surface area contributed by atoms with E-state index in [1.807, 2.05) is 18.2 Å². The van der Waals surface area contributed by atoms with Gasteiger partial charge in [0.2, 0.25) is 0 Å². The quantitative estimate of drug-likeness (QED) is 0.797. The Balaban J connectivity index is 1.68. The maximum absolute atomic E-state index is 13.5. The number of aliphatic imine (C=N–C) groups is 1. The third-order valence-corrected chi connectivity index (χ3v) is 6.94. The minimum atomic E-state index is -0.980. The van der Waals surface area contributed by atoms with E-state index in [1.165, 1.54) is 4.90 Å². The summed E-state index contributed by atoms with van der Waals surface area (Å²) in [5.41, 5.74) is 9.79. The number of nitrogens with two attached hydrogens (primary N) is 1. The third kappa shape index (κ3) is 2.73. The van der Waals surface area contributed by atoms with Crippen LogP contribution in [0.15, 0.2) is 47.5 Å². The molecule has 152 valence electrons. The van der Waals surface area contributed by atoms with E-state index in [9.17, 15) is 10.1 Å². The summed E-state index contributed by atoms with van der Waals surface area (Å²) in [6, 6.07) is 16.0. The Hall–Kier alpha value is -3.17. The minimum Gasteiger partial charge on any atom is -0.381 e. The fraction of sp³-hybridized carbons (Fsp3) is 0.375. The number of nitrogens with zero attached hydrogens (tertiary/aromatic N) is 3. The number of ether oxygens (including phenoxy) is 1. The van der Waals surface area contributed by atoms with Gasteiger partial charge in [0.1, 0.15) is 0 Å². The van der Waals surface area contributed by atoms with Crippen molar-refractivity contribution < 1.29 is 9.53 Å². The zero-order valence-corrected chi connectivity index (χ0v) is 17.0. The lowest BCUT2D eigenvalue weighted by atomic mass is 9.60. The highest BCUT2D eigenvalue weighted by Gasteiger charge is 2.56. The Morgan fingerprint density at radius 3 is 2.63 bits per heavy atom. The van der Waals surface area contributed by atoms with Gasteiger partial charge in [0.25, 0.3) is 5.91 Å². The van der Waals surface area contributed by atoms with Crippen LogP contribution in [0, 0.1) is 16.7 Å². The Kier molecular flexibility index (Phi) is 4.19. The predicted molar refractivity (Wildman–Crippen MR) is 113 cm³/mol. The first-order valence-corrected chi connectivity index (χ1v) is 10.3. The van der Waals surface area contributed by atoms with Crippen molar-refractivity contribution in [2.75, 3.05) is 20.3 Å². The molecule has 5 rings (SSSR count). The number of nitriles is 1. The van der Waals surface area contributed by atoms with Gasteiger partial charge in [-0.3, -0.25) is 9.69 Å². The standard InChI is InChI=1S/C24H24N4O2/c1-28-21(29)24(27-22(28)26)15-23(7-9-30-10-8-23)13-19-6-5-18(12-20(19)24)17-4-2-3-16(11-17)14-25/h2-6,11-12H,7-10,13,15H2,1H3,(H2,26,27). The van der Waals surface area contributed by atoms with E-state index in [2.05, 4.69) is 24.3 Å². The van der Waals surface area contributed by atoms with Gasteiger partial charge in [-0.25, -0.2) is 4.99 Å². The van der Waals surface area contributed by atoms with Crippen LogP contribution in [0.3, 0.4) is 0 Å². The molecule has 30 heavy (non-hydrogen) atoms. The van der Waals surface area contributed by atoms with Crippen LogP contribution in [0.4, 0.5) is 0 Å². The Labute approximate surface area is 176 Å². The van der Waals surface area contributed by atoms with Crippen molar-refractivity contribution in [2.45, 2.75) is 31.2 Å². The average molecular weight is 400 g/mol. The van der Waals surface area contributed by atoms with Gasteiger partial charge in [-0.05, 0) is 71.6 Å². The van der Waals surface area contributed by atoms with Crippen LogP contribution in [0.25, 0.3) is 11.1 Å². The first-order valence-electron chi connectivity index (χ1n) is 10.3. The zero-order chi connectivity index (χ0) is 20.9. The van der Waals surface area contributed by atoms with Gasteiger partial charge in [-0.15, -0.1) is 0 Å². The predicted octanol–water partition coefficient (Wildman–Crippen LogP) is 2.95. The molecule has 2 N–H and O–H groups in total. The Morgan fingerprint density at radius 2 is 1.93 bits per heavy atom. The number of hydrogen-bond donors (Lipinski definition) is 1. The van der Waals surface area contributed by atoms with Crippen LogP contribution < -0.4 is 5.73 Å². The number of carbonyl (C=O) groups excluding carboxylic acids is 1. The number of amides is 1. The van der Waals surface area contributed by atoms with Crippen molar-refractivity contribution in [2.24, 2.45) is 16.1 Å². The molecule has 2 aliphatic heterocycles. The van der Waals surface area contributed by atoms with Gasteiger partial charge >= 0.3 is 0 Å². The molecule has 1 aliphatic carbocycles. The molecular weight excluding hydrogens is 376 g/mol. The molecule has 2 aromatic rings. The maximum Gasteiger partial charge on any atom is 0.261 e. The summed E-state index contributed by atoms with van der Waals surface area (Å²) in [4.78, 5) is 19.7. The molecular formula is C24H24N4O2. The summed E-state index contributed by atoms with van der Waals surface area (Å²) in [5.74, 6) is 0.210. The molecule has 1 unspecified atom stereocenters. The average Bonchev–Trinajstić information content (AvgIpc) is 2.98. The molecule has 0 bridgehead atoms. The highest BCUT2D eigenvalue weighted by molar-refractivity contribution is 6.07. The van der Waals surface area contributed by atoms with E-state index in [4.69, 9.17) is 15.5 Å². The van der Waals surface area contributed by atoms with Crippen molar-refractivity contribution in [1.82, 2.24) is 4.90 Å². The summed E-state index contributed by atoms with van der Waals surface area (Å²) in [6.45, 7) is 1.43. The zero-order valence-electron chi connectivity index (χ0n) is 17.0. The molecule has 6 nitrogen and oxygen atoms in total. The van der Waals surface area contributed by atoms with Crippen LogP contribution in [0.1, 0.15) is 36.0 Å². The molecule has 2 spiro atoms. The van der Waals surface area contributed by atoms with E-state index in [0.29, 0.717) is 25.2 Å². The van der Waals surface area contributed by atoms with Gasteiger partial charge < -0.3 is 10.5 Å². The lowest BCUT2D eigenvalue weighted by Gasteiger charge is -2.47. The highest BCUT2D eigenvalue weighted by Crippen LogP contribution is 2.54. The molecule has 2 heterocycles. The Morgan fingerprint density at radius 1 is 1.17 bits per heavy atom. The highest BCUT2D eigenvalue weighted by atomic mass is 16.5. The van der Waals surface area contributed by atoms with Crippen LogP contribution >= 0.6 is 0 Å². The fourth-order valence-corrected chi connectivity index (χ4v) is 5.32. The fourth-order valence-electron chi connectivity index (χ4n) is 5.32. The summed E-state index contributed by atoms with van der Waals surface area (Å²) in [6.07, 6.45) is 3.42. The van der Waals surface area contributed by atoms with E-state index >= 15 is 0 Å². The van der Waals surface area contributed by atoms with Crippen molar-refractivity contribution in [1.29, 1.82) is 5.26 Å². The molecule has 1 fully saturated rings. The molecule has 6 heteroatoms. The van der Waals surface area contributed by atoms with E-state index in [-0.39, 0.29) is 17.3 Å². The number of rotatable bonds is 1. The molecule has 3 aliphatic rings. The third-order valence-electron chi connectivity index (χ3n) is 6.94. The van der Waals surface area contributed by atoms with Gasteiger partial charge in [-0.2, -0.15) is 5.26 Å². The van der Waals surface area contributed by atoms with E-state index in [0.717, 1.165) is 41.5 Å². The lowest BCUT2D eigenvalue weighted by Crippen LogP contribution is -2.49. The number of benzene rings is 2. The molecule has 1 amide bonds. The van der Waals surface area contributed by atoms with Gasteiger partial charge in [0.05, 0.1) is 11.6 Å². The molecule has 0 radical (unpaired) electrons. The topological polar surface area (TPSA) is 91.7 Å². The van der Waals surface area contributed by atoms with Crippen LogP contribution in [0.5, 0.6) is 0 Å². The number of likely N-dealkylation sites (N-methyl/N-ethyl adjacent to an activating group) is 1. The second kappa shape index (κ2) is 6.68. The SMILES string of the molecule is CN1C(=O)C2(CC3(CCOCC3)Cc3ccc(-c4cccc(C#N)c4)cc32)N=C1N. The largest absolute Gasteiger partial charge is 0.381 e. The maximum atomic E-state index is 13.5. The molecule has 1 atom stereocenters. The van der Waals surface area contributed by atoms with Crippen LogP contribution in [-0.4, -0.2) is 37.0 Å². The second-order valence-corrected chi connectivity index (χ2v) is 8.72. The van der Waals surface area contributed by atoms with Crippen LogP contribution in [-0.2, 0) is 21.5 Å². The smallest absolute Gasteiger partial charge is 0.261 e. The second-order valence-electron chi connectivity index (χ2n) is 8.72. The first kappa shape index (κ1) is 18.8. The van der Waals surface area contributed by atoms with Gasteiger partial charge in [0.15, 0.2) is 11.5 Å². The van der Waals surface area contributed by atoms with E-state index in [1.54, 1.807) is 13.1 Å². The van der Waals surface area contributed by atoms with Gasteiger partial charge in [0, 0.05) is 20.3 Å². The molecule has 1 saturated heterocycles.